The van der Waals surface area contributed by atoms with Crippen molar-refractivity contribution in [1.82, 2.24) is 25.1 Å². The Kier molecular flexibility index (Phi) is 5.01. The Labute approximate surface area is 142 Å². The quantitative estimate of drug-likeness (QED) is 0.756. The molecule has 1 N–H and O–H groups in total. The maximum Gasteiger partial charge on any atom is 0.159 e. The maximum absolute atomic E-state index is 4.66. The number of aromatic nitrogens is 4. The molecule has 3 aromatic rings. The summed E-state index contributed by atoms with van der Waals surface area (Å²) in [6.07, 6.45) is 5.78. The fourth-order valence-corrected chi connectivity index (χ4v) is 2.54. The lowest BCUT2D eigenvalue weighted by atomic mass is 10.1. The summed E-state index contributed by atoms with van der Waals surface area (Å²) in [4.78, 5) is 9.02. The van der Waals surface area contributed by atoms with Gasteiger partial charge in [-0.05, 0) is 32.4 Å². The summed E-state index contributed by atoms with van der Waals surface area (Å²) in [5.74, 6) is 0.762. The minimum Gasteiger partial charge on any atom is -0.307 e. The topological polar surface area (TPSA) is 55.6 Å². The lowest BCUT2D eigenvalue weighted by Gasteiger charge is -2.21. The summed E-state index contributed by atoms with van der Waals surface area (Å²) < 4.78 is 2.00. The van der Waals surface area contributed by atoms with Crippen LogP contribution in [0.15, 0.2) is 55.0 Å². The third kappa shape index (κ3) is 3.86. The van der Waals surface area contributed by atoms with Gasteiger partial charge in [0, 0.05) is 30.5 Å². The maximum atomic E-state index is 4.66. The predicted octanol–water partition coefficient (Wildman–Crippen LogP) is 3.39. The van der Waals surface area contributed by atoms with E-state index < -0.39 is 0 Å². The first-order valence-corrected chi connectivity index (χ1v) is 8.25. The summed E-state index contributed by atoms with van der Waals surface area (Å²) in [7, 11) is 0. The molecule has 5 nitrogen and oxygen atoms in total. The van der Waals surface area contributed by atoms with Crippen molar-refractivity contribution in [3.8, 4) is 11.4 Å². The predicted molar refractivity (Wildman–Crippen MR) is 95.4 cm³/mol. The molecule has 0 bridgehead atoms. The minimum absolute atomic E-state index is 0.272. The van der Waals surface area contributed by atoms with Crippen molar-refractivity contribution in [1.29, 1.82) is 0 Å². The molecular formula is C19H23N5. The van der Waals surface area contributed by atoms with E-state index in [9.17, 15) is 0 Å². The molecule has 0 saturated carbocycles. The Morgan fingerprint density at radius 3 is 2.62 bits per heavy atom. The summed E-state index contributed by atoms with van der Waals surface area (Å²) in [5, 5.41) is 7.93. The van der Waals surface area contributed by atoms with Crippen LogP contribution >= 0.6 is 0 Å². The SMILES string of the molecule is Cc1cnn([C@H](C)[C@@H](C)NCc2ccnc(-c3ccccc3)n2)c1. The zero-order valence-corrected chi connectivity index (χ0v) is 14.3. The van der Waals surface area contributed by atoms with Gasteiger partial charge in [-0.25, -0.2) is 9.97 Å². The van der Waals surface area contributed by atoms with Crippen LogP contribution in [0.25, 0.3) is 11.4 Å². The standard InChI is InChI=1S/C19H23N5/c1-14-11-22-24(13-14)16(3)15(2)21-12-18-9-10-20-19(23-18)17-7-5-4-6-8-17/h4-11,13,15-16,21H,12H2,1-3H3/t15-,16-/m1/s1. The van der Waals surface area contributed by atoms with E-state index in [0.29, 0.717) is 6.54 Å². The van der Waals surface area contributed by atoms with E-state index in [0.717, 1.165) is 17.1 Å². The average Bonchev–Trinajstić information content (AvgIpc) is 3.06. The molecule has 0 spiro atoms. The van der Waals surface area contributed by atoms with Crippen molar-refractivity contribution in [2.45, 2.75) is 39.4 Å². The van der Waals surface area contributed by atoms with Crippen LogP contribution in [-0.2, 0) is 6.54 Å². The molecular weight excluding hydrogens is 298 g/mol. The highest BCUT2D eigenvalue weighted by atomic mass is 15.3. The van der Waals surface area contributed by atoms with Crippen molar-refractivity contribution in [2.24, 2.45) is 0 Å². The molecule has 124 valence electrons. The van der Waals surface area contributed by atoms with E-state index >= 15 is 0 Å². The van der Waals surface area contributed by atoms with Gasteiger partial charge in [0.25, 0.3) is 0 Å². The van der Waals surface area contributed by atoms with Crippen molar-refractivity contribution < 1.29 is 0 Å². The van der Waals surface area contributed by atoms with Gasteiger partial charge in [0.1, 0.15) is 0 Å². The third-order valence-corrected chi connectivity index (χ3v) is 4.22. The molecule has 2 atom stereocenters. The van der Waals surface area contributed by atoms with Gasteiger partial charge in [0.15, 0.2) is 5.82 Å². The van der Waals surface area contributed by atoms with Gasteiger partial charge in [-0.1, -0.05) is 30.3 Å². The average molecular weight is 321 g/mol. The Bertz CT molecular complexity index is 781. The molecule has 2 heterocycles. The molecule has 0 saturated heterocycles. The van der Waals surface area contributed by atoms with Gasteiger partial charge in [-0.15, -0.1) is 0 Å². The van der Waals surface area contributed by atoms with Crippen LogP contribution in [0.5, 0.6) is 0 Å². The van der Waals surface area contributed by atoms with Crippen molar-refractivity contribution >= 4 is 0 Å². The van der Waals surface area contributed by atoms with E-state index in [1.165, 1.54) is 5.56 Å². The smallest absolute Gasteiger partial charge is 0.159 e. The van der Waals surface area contributed by atoms with Crippen LogP contribution < -0.4 is 5.32 Å². The van der Waals surface area contributed by atoms with Crippen LogP contribution in [0.3, 0.4) is 0 Å². The largest absolute Gasteiger partial charge is 0.307 e. The van der Waals surface area contributed by atoms with Gasteiger partial charge in [-0.3, -0.25) is 4.68 Å². The Morgan fingerprint density at radius 1 is 1.12 bits per heavy atom. The number of hydrogen-bond donors (Lipinski definition) is 1. The highest BCUT2D eigenvalue weighted by Gasteiger charge is 2.14. The lowest BCUT2D eigenvalue weighted by Crippen LogP contribution is -2.33. The van der Waals surface area contributed by atoms with Crippen LogP contribution in [0.2, 0.25) is 0 Å². The molecule has 3 rings (SSSR count). The normalized spacial score (nSPS) is 13.6. The fraction of sp³-hybridized carbons (Fsp3) is 0.316. The van der Waals surface area contributed by atoms with Crippen LogP contribution in [0, 0.1) is 6.92 Å². The fourth-order valence-electron chi connectivity index (χ4n) is 2.54. The third-order valence-electron chi connectivity index (χ3n) is 4.22. The van der Waals surface area contributed by atoms with Gasteiger partial charge < -0.3 is 5.32 Å². The number of benzene rings is 1. The zero-order chi connectivity index (χ0) is 16.9. The molecule has 1 aromatic carbocycles. The number of nitrogens with one attached hydrogen (secondary N) is 1. The van der Waals surface area contributed by atoms with E-state index in [-0.39, 0.29) is 12.1 Å². The summed E-state index contributed by atoms with van der Waals surface area (Å²) in [5.41, 5.74) is 3.20. The summed E-state index contributed by atoms with van der Waals surface area (Å²) in [6.45, 7) is 7.09. The molecule has 0 unspecified atom stereocenters. The van der Waals surface area contributed by atoms with E-state index in [4.69, 9.17) is 0 Å². The first kappa shape index (κ1) is 16.3. The second-order valence-electron chi connectivity index (χ2n) is 6.15. The second kappa shape index (κ2) is 7.36. The van der Waals surface area contributed by atoms with Crippen LogP contribution in [-0.4, -0.2) is 25.8 Å². The molecule has 5 heteroatoms. The Hall–Kier alpha value is -2.53. The molecule has 0 amide bonds. The summed E-state index contributed by atoms with van der Waals surface area (Å²) in [6, 6.07) is 12.5. The Morgan fingerprint density at radius 2 is 1.92 bits per heavy atom. The molecule has 0 fully saturated rings. The minimum atomic E-state index is 0.272. The number of aryl methyl sites for hydroxylation is 1. The van der Waals surface area contributed by atoms with Gasteiger partial charge in [-0.2, -0.15) is 5.10 Å². The molecule has 0 aliphatic rings. The van der Waals surface area contributed by atoms with E-state index in [2.05, 4.69) is 47.4 Å². The van der Waals surface area contributed by atoms with Crippen molar-refractivity contribution in [2.75, 3.05) is 0 Å². The first-order chi connectivity index (χ1) is 11.6. The molecule has 24 heavy (non-hydrogen) atoms. The summed E-state index contributed by atoms with van der Waals surface area (Å²) >= 11 is 0. The monoisotopic (exact) mass is 321 g/mol. The molecule has 2 aromatic heterocycles. The van der Waals surface area contributed by atoms with Crippen molar-refractivity contribution in [3.63, 3.8) is 0 Å². The highest BCUT2D eigenvalue weighted by molar-refractivity contribution is 5.54. The van der Waals surface area contributed by atoms with E-state index in [1.54, 1.807) is 0 Å². The van der Waals surface area contributed by atoms with Crippen LogP contribution in [0.4, 0.5) is 0 Å². The second-order valence-corrected chi connectivity index (χ2v) is 6.15. The first-order valence-electron chi connectivity index (χ1n) is 8.25. The van der Waals surface area contributed by atoms with Crippen LogP contribution in [0.1, 0.15) is 31.1 Å². The van der Waals surface area contributed by atoms with E-state index in [1.807, 2.05) is 53.5 Å². The number of hydrogen-bond acceptors (Lipinski definition) is 4. The van der Waals surface area contributed by atoms with Gasteiger partial charge >= 0.3 is 0 Å². The molecule has 0 radical (unpaired) electrons. The van der Waals surface area contributed by atoms with Crippen molar-refractivity contribution in [3.05, 3.63) is 66.2 Å². The lowest BCUT2D eigenvalue weighted by molar-refractivity contribution is 0.363. The van der Waals surface area contributed by atoms with Gasteiger partial charge in [0.05, 0.1) is 17.9 Å². The highest BCUT2D eigenvalue weighted by Crippen LogP contribution is 2.14. The van der Waals surface area contributed by atoms with Gasteiger partial charge in [0.2, 0.25) is 0 Å². The Balaban J connectivity index is 1.64. The molecule has 0 aliphatic heterocycles. The number of rotatable bonds is 6. The zero-order valence-electron chi connectivity index (χ0n) is 14.3. The number of nitrogens with zero attached hydrogens (tertiary/aromatic N) is 4. The molecule has 0 aliphatic carbocycles.